The van der Waals surface area contributed by atoms with Gasteiger partial charge in [-0.15, -0.1) is 0 Å². The average Bonchev–Trinajstić information content (AvgIpc) is 3.41. The summed E-state index contributed by atoms with van der Waals surface area (Å²) in [6.07, 6.45) is 6.74. The molecule has 0 aliphatic heterocycles. The maximum absolute atomic E-state index is 12.3. The van der Waals surface area contributed by atoms with Gasteiger partial charge >= 0.3 is 0 Å². The normalized spacial score (nSPS) is 16.7. The topological polar surface area (TPSA) is 71.1 Å². The van der Waals surface area contributed by atoms with E-state index < -0.39 is 0 Å². The number of nitrogens with one attached hydrogen (secondary N) is 2. The first-order valence-electron chi connectivity index (χ1n) is 8.29. The first kappa shape index (κ1) is 15.3. The first-order chi connectivity index (χ1) is 11.6. The lowest BCUT2D eigenvalue weighted by Crippen LogP contribution is -2.10. The van der Waals surface area contributed by atoms with Crippen LogP contribution in [0.2, 0.25) is 0 Å². The Balaban J connectivity index is 1.50. The van der Waals surface area contributed by atoms with Crippen LogP contribution in [0.15, 0.2) is 29.8 Å². The Hall–Kier alpha value is -2.21. The van der Waals surface area contributed by atoms with Gasteiger partial charge in [-0.3, -0.25) is 9.59 Å². The number of fused-ring (bicyclic) bond motifs is 1. The summed E-state index contributed by atoms with van der Waals surface area (Å²) in [7, 11) is 0. The molecule has 5 nitrogen and oxygen atoms in total. The highest BCUT2D eigenvalue weighted by Crippen LogP contribution is 2.48. The molecular formula is C18H19N3O2S. The van der Waals surface area contributed by atoms with Crippen LogP contribution < -0.4 is 10.6 Å². The number of amides is 2. The molecule has 2 fully saturated rings. The number of rotatable bonds is 5. The summed E-state index contributed by atoms with van der Waals surface area (Å²) < 4.78 is 0.935. The summed E-state index contributed by atoms with van der Waals surface area (Å²) in [6, 6.07) is 5.61. The van der Waals surface area contributed by atoms with E-state index in [4.69, 9.17) is 0 Å². The molecule has 24 heavy (non-hydrogen) atoms. The van der Waals surface area contributed by atoms with E-state index in [9.17, 15) is 9.59 Å². The fourth-order valence-electron chi connectivity index (χ4n) is 2.94. The number of hydrogen-bond donors (Lipinski definition) is 2. The molecule has 2 aliphatic carbocycles. The molecule has 2 N–H and O–H groups in total. The van der Waals surface area contributed by atoms with Crippen LogP contribution in [0.5, 0.6) is 0 Å². The van der Waals surface area contributed by atoms with Crippen molar-refractivity contribution < 1.29 is 9.59 Å². The number of carbonyl (C=O) groups excluding carboxylic acids is 2. The van der Waals surface area contributed by atoms with E-state index in [1.807, 2.05) is 24.3 Å². The second kappa shape index (κ2) is 6.02. The van der Waals surface area contributed by atoms with Gasteiger partial charge in [-0.25, -0.2) is 4.98 Å². The van der Waals surface area contributed by atoms with Crippen LogP contribution in [0.25, 0.3) is 10.2 Å². The second-order valence-corrected chi connectivity index (χ2v) is 7.60. The van der Waals surface area contributed by atoms with E-state index in [0.717, 1.165) is 15.9 Å². The van der Waals surface area contributed by atoms with Crippen molar-refractivity contribution in [2.45, 2.75) is 32.6 Å². The number of anilines is 2. The Labute approximate surface area is 144 Å². The molecule has 0 bridgehead atoms. The Kier molecular flexibility index (Phi) is 3.84. The fourth-order valence-corrected chi connectivity index (χ4v) is 3.89. The molecule has 0 saturated heterocycles. The molecule has 2 amide bonds. The quantitative estimate of drug-likeness (QED) is 0.809. The Bertz CT molecular complexity index is 833. The van der Waals surface area contributed by atoms with E-state index in [0.29, 0.717) is 17.0 Å². The van der Waals surface area contributed by atoms with Gasteiger partial charge in [-0.05, 0) is 55.7 Å². The van der Waals surface area contributed by atoms with Crippen LogP contribution in [0.1, 0.15) is 32.6 Å². The van der Waals surface area contributed by atoms with E-state index in [2.05, 4.69) is 15.6 Å². The second-order valence-electron chi connectivity index (χ2n) is 6.56. The Morgan fingerprint density at radius 2 is 1.88 bits per heavy atom. The third-order valence-corrected chi connectivity index (χ3v) is 5.27. The molecule has 2 aromatic rings. The molecule has 2 saturated carbocycles. The van der Waals surface area contributed by atoms with Gasteiger partial charge < -0.3 is 10.6 Å². The molecular weight excluding hydrogens is 322 g/mol. The highest BCUT2D eigenvalue weighted by Gasteiger charge is 2.36. The maximum Gasteiger partial charge on any atom is 0.248 e. The van der Waals surface area contributed by atoms with Gasteiger partial charge in [0, 0.05) is 18.7 Å². The van der Waals surface area contributed by atoms with Crippen molar-refractivity contribution in [1.29, 1.82) is 0 Å². The Morgan fingerprint density at radius 3 is 2.50 bits per heavy atom. The standard InChI is InChI=1S/C18H19N3O2S/c1-10(22)19-18-21-15-7-6-13(8-16(15)24-18)20-17(23)9-14(11-2-3-11)12-4-5-12/h6-9,11-12H,2-5H2,1H3,(H,20,23)(H,19,21,22). The highest BCUT2D eigenvalue weighted by molar-refractivity contribution is 7.22. The average molecular weight is 341 g/mol. The predicted molar refractivity (Wildman–Crippen MR) is 96.1 cm³/mol. The number of benzene rings is 1. The van der Waals surface area contributed by atoms with Crippen LogP contribution in [0, 0.1) is 11.8 Å². The summed E-state index contributed by atoms with van der Waals surface area (Å²) in [5, 5.41) is 6.22. The zero-order valence-corrected chi connectivity index (χ0v) is 14.3. The number of nitrogens with zero attached hydrogens (tertiary/aromatic N) is 1. The molecule has 124 valence electrons. The molecule has 1 aromatic heterocycles. The summed E-state index contributed by atoms with van der Waals surface area (Å²) >= 11 is 1.40. The molecule has 0 unspecified atom stereocenters. The third-order valence-electron chi connectivity index (χ3n) is 4.33. The minimum atomic E-state index is -0.139. The molecule has 0 radical (unpaired) electrons. The van der Waals surface area contributed by atoms with Crippen molar-refractivity contribution in [3.8, 4) is 0 Å². The lowest BCUT2D eigenvalue weighted by Gasteiger charge is -2.05. The van der Waals surface area contributed by atoms with Gasteiger partial charge in [0.05, 0.1) is 10.2 Å². The van der Waals surface area contributed by atoms with Crippen LogP contribution in [-0.2, 0) is 9.59 Å². The van der Waals surface area contributed by atoms with E-state index >= 15 is 0 Å². The number of thiazole rings is 1. The van der Waals surface area contributed by atoms with Crippen molar-refractivity contribution in [3.05, 3.63) is 29.8 Å². The lowest BCUT2D eigenvalue weighted by atomic mass is 10.1. The van der Waals surface area contributed by atoms with E-state index in [1.54, 1.807) is 0 Å². The summed E-state index contributed by atoms with van der Waals surface area (Å²) in [4.78, 5) is 27.8. The van der Waals surface area contributed by atoms with Crippen molar-refractivity contribution >= 4 is 44.2 Å². The number of hydrogen-bond acceptors (Lipinski definition) is 4. The van der Waals surface area contributed by atoms with Gasteiger partial charge in [0.1, 0.15) is 0 Å². The summed E-state index contributed by atoms with van der Waals surface area (Å²) in [5.41, 5.74) is 2.92. The van der Waals surface area contributed by atoms with Gasteiger partial charge in [0.25, 0.3) is 0 Å². The van der Waals surface area contributed by atoms with Crippen molar-refractivity contribution in [3.63, 3.8) is 0 Å². The molecule has 0 spiro atoms. The third kappa shape index (κ3) is 3.48. The molecule has 4 rings (SSSR count). The number of allylic oxidation sites excluding steroid dienone is 1. The monoisotopic (exact) mass is 341 g/mol. The minimum Gasteiger partial charge on any atom is -0.322 e. The van der Waals surface area contributed by atoms with Crippen LogP contribution in [-0.4, -0.2) is 16.8 Å². The number of carbonyl (C=O) groups is 2. The molecule has 1 aromatic carbocycles. The SMILES string of the molecule is CC(=O)Nc1nc2ccc(NC(=O)C=C(C3CC3)C3CC3)cc2s1. The predicted octanol–water partition coefficient (Wildman–Crippen LogP) is 3.94. The first-order valence-corrected chi connectivity index (χ1v) is 9.11. The summed E-state index contributed by atoms with van der Waals surface area (Å²) in [6.45, 7) is 1.46. The molecule has 1 heterocycles. The maximum atomic E-state index is 12.3. The van der Waals surface area contributed by atoms with Gasteiger partial charge in [0.2, 0.25) is 11.8 Å². The van der Waals surface area contributed by atoms with Crippen LogP contribution in [0.4, 0.5) is 10.8 Å². The smallest absolute Gasteiger partial charge is 0.248 e. The van der Waals surface area contributed by atoms with Crippen molar-refractivity contribution in [2.24, 2.45) is 11.8 Å². The van der Waals surface area contributed by atoms with E-state index in [-0.39, 0.29) is 11.8 Å². The fraction of sp³-hybridized carbons (Fsp3) is 0.389. The minimum absolute atomic E-state index is 0.0465. The zero-order valence-electron chi connectivity index (χ0n) is 13.5. The largest absolute Gasteiger partial charge is 0.322 e. The number of aromatic nitrogens is 1. The van der Waals surface area contributed by atoms with Crippen molar-refractivity contribution in [1.82, 2.24) is 4.98 Å². The Morgan fingerprint density at radius 1 is 1.17 bits per heavy atom. The van der Waals surface area contributed by atoms with Gasteiger partial charge in [-0.2, -0.15) is 0 Å². The van der Waals surface area contributed by atoms with Crippen molar-refractivity contribution in [2.75, 3.05) is 10.6 Å². The molecule has 2 aliphatic rings. The summed E-state index contributed by atoms with van der Waals surface area (Å²) in [5.74, 6) is 1.11. The molecule has 0 atom stereocenters. The van der Waals surface area contributed by atoms with E-state index in [1.165, 1.54) is 49.5 Å². The lowest BCUT2D eigenvalue weighted by molar-refractivity contribution is -0.114. The molecule has 6 heteroatoms. The van der Waals surface area contributed by atoms with Gasteiger partial charge in [0.15, 0.2) is 5.13 Å². The van der Waals surface area contributed by atoms with Crippen LogP contribution in [0.3, 0.4) is 0 Å². The van der Waals surface area contributed by atoms with Gasteiger partial charge in [-0.1, -0.05) is 16.9 Å². The van der Waals surface area contributed by atoms with Crippen LogP contribution >= 0.6 is 11.3 Å². The zero-order chi connectivity index (χ0) is 16.7. The highest BCUT2D eigenvalue weighted by atomic mass is 32.1.